The standard InChI is InChI=1S/C11H12Cl2N4O2S/c1-6-11(10(5-14)16-15-6)20(18,19)17-7-2-3-8(12)9(13)4-7/h2-4,17H,5,14H2,1H3,(H,15,16). The Morgan fingerprint density at radius 3 is 2.65 bits per heavy atom. The summed E-state index contributed by atoms with van der Waals surface area (Å²) in [5.74, 6) is 0. The lowest BCUT2D eigenvalue weighted by atomic mass is 10.3. The van der Waals surface area contributed by atoms with Crippen LogP contribution >= 0.6 is 23.2 Å². The minimum absolute atomic E-state index is 0.0158. The number of nitrogens with one attached hydrogen (secondary N) is 2. The van der Waals surface area contributed by atoms with E-state index in [1.54, 1.807) is 6.92 Å². The van der Waals surface area contributed by atoms with Gasteiger partial charge in [-0.2, -0.15) is 5.10 Å². The zero-order chi connectivity index (χ0) is 14.9. The maximum Gasteiger partial charge on any atom is 0.265 e. The van der Waals surface area contributed by atoms with Gasteiger partial charge in [0.1, 0.15) is 4.90 Å². The molecule has 0 saturated carbocycles. The van der Waals surface area contributed by atoms with Gasteiger partial charge in [-0.1, -0.05) is 23.2 Å². The zero-order valence-corrected chi connectivity index (χ0v) is 12.8. The quantitative estimate of drug-likeness (QED) is 0.798. The van der Waals surface area contributed by atoms with Gasteiger partial charge in [-0.25, -0.2) is 8.42 Å². The van der Waals surface area contributed by atoms with Gasteiger partial charge < -0.3 is 5.73 Å². The molecule has 4 N–H and O–H groups in total. The topological polar surface area (TPSA) is 101 Å². The number of anilines is 1. The smallest absolute Gasteiger partial charge is 0.265 e. The fourth-order valence-electron chi connectivity index (χ4n) is 1.73. The van der Waals surface area contributed by atoms with Crippen molar-refractivity contribution in [1.82, 2.24) is 10.2 Å². The van der Waals surface area contributed by atoms with E-state index in [4.69, 9.17) is 28.9 Å². The Labute approximate surface area is 126 Å². The largest absolute Gasteiger partial charge is 0.325 e. The van der Waals surface area contributed by atoms with E-state index in [0.717, 1.165) is 0 Å². The number of rotatable bonds is 4. The number of nitrogens with two attached hydrogens (primary N) is 1. The van der Waals surface area contributed by atoms with Gasteiger partial charge in [-0.05, 0) is 25.1 Å². The van der Waals surface area contributed by atoms with E-state index in [9.17, 15) is 8.42 Å². The lowest BCUT2D eigenvalue weighted by Gasteiger charge is -2.09. The van der Waals surface area contributed by atoms with Gasteiger partial charge in [0.05, 0.1) is 27.1 Å². The van der Waals surface area contributed by atoms with E-state index in [0.29, 0.717) is 16.4 Å². The highest BCUT2D eigenvalue weighted by atomic mass is 35.5. The van der Waals surface area contributed by atoms with Crippen molar-refractivity contribution in [2.75, 3.05) is 4.72 Å². The van der Waals surface area contributed by atoms with E-state index in [1.165, 1.54) is 18.2 Å². The minimum Gasteiger partial charge on any atom is -0.325 e. The first-order chi connectivity index (χ1) is 9.35. The molecule has 9 heteroatoms. The molecule has 0 fully saturated rings. The number of aromatic nitrogens is 2. The minimum atomic E-state index is -3.80. The molecule has 0 atom stereocenters. The van der Waals surface area contributed by atoms with Gasteiger partial charge in [0, 0.05) is 6.54 Å². The summed E-state index contributed by atoms with van der Waals surface area (Å²) in [6.45, 7) is 1.62. The van der Waals surface area contributed by atoms with Crippen LogP contribution in [-0.4, -0.2) is 18.6 Å². The molecule has 0 aliphatic rings. The molecular formula is C11H12Cl2N4O2S. The van der Waals surface area contributed by atoms with Gasteiger partial charge in [-0.3, -0.25) is 9.82 Å². The third kappa shape index (κ3) is 2.90. The van der Waals surface area contributed by atoms with Crippen LogP contribution in [-0.2, 0) is 16.6 Å². The monoisotopic (exact) mass is 334 g/mol. The number of aryl methyl sites for hydroxylation is 1. The molecule has 0 radical (unpaired) electrons. The van der Waals surface area contributed by atoms with Crippen LogP contribution in [0.15, 0.2) is 23.1 Å². The summed E-state index contributed by atoms with van der Waals surface area (Å²) < 4.78 is 27.1. The SMILES string of the molecule is Cc1[nH]nc(CN)c1S(=O)(=O)Nc1ccc(Cl)c(Cl)c1. The summed E-state index contributed by atoms with van der Waals surface area (Å²) in [5, 5.41) is 7.06. The van der Waals surface area contributed by atoms with Crippen molar-refractivity contribution in [2.24, 2.45) is 5.73 Å². The maximum absolute atomic E-state index is 12.4. The molecule has 0 amide bonds. The molecule has 2 aromatic rings. The number of sulfonamides is 1. The molecule has 6 nitrogen and oxygen atoms in total. The highest BCUT2D eigenvalue weighted by molar-refractivity contribution is 7.92. The van der Waals surface area contributed by atoms with Crippen molar-refractivity contribution in [3.8, 4) is 0 Å². The Morgan fingerprint density at radius 2 is 2.05 bits per heavy atom. The fraction of sp³-hybridized carbons (Fsp3) is 0.182. The van der Waals surface area contributed by atoms with Gasteiger partial charge in [0.25, 0.3) is 10.0 Å². The van der Waals surface area contributed by atoms with Crippen molar-refractivity contribution >= 4 is 38.9 Å². The van der Waals surface area contributed by atoms with E-state index >= 15 is 0 Å². The van der Waals surface area contributed by atoms with E-state index < -0.39 is 10.0 Å². The lowest BCUT2D eigenvalue weighted by Crippen LogP contribution is -2.16. The number of nitrogens with zero attached hydrogens (tertiary/aromatic N) is 1. The van der Waals surface area contributed by atoms with Crippen LogP contribution in [0.25, 0.3) is 0 Å². The molecule has 108 valence electrons. The maximum atomic E-state index is 12.4. The van der Waals surface area contributed by atoms with Crippen molar-refractivity contribution < 1.29 is 8.42 Å². The molecule has 0 spiro atoms. The molecule has 0 unspecified atom stereocenters. The van der Waals surface area contributed by atoms with E-state index in [-0.39, 0.29) is 22.2 Å². The van der Waals surface area contributed by atoms with Crippen molar-refractivity contribution in [1.29, 1.82) is 0 Å². The second-order valence-corrected chi connectivity index (χ2v) is 6.50. The molecule has 0 aliphatic heterocycles. The summed E-state index contributed by atoms with van der Waals surface area (Å²) in [6.07, 6.45) is 0. The van der Waals surface area contributed by atoms with Crippen LogP contribution in [0, 0.1) is 6.92 Å². The fourth-order valence-corrected chi connectivity index (χ4v) is 3.46. The van der Waals surface area contributed by atoms with Crippen molar-refractivity contribution in [3.63, 3.8) is 0 Å². The third-order valence-corrected chi connectivity index (χ3v) is 4.92. The van der Waals surface area contributed by atoms with Crippen LogP contribution in [0.1, 0.15) is 11.4 Å². The molecular weight excluding hydrogens is 323 g/mol. The number of H-pyrrole nitrogens is 1. The second-order valence-electron chi connectivity index (χ2n) is 4.06. The molecule has 2 rings (SSSR count). The molecule has 0 aliphatic carbocycles. The van der Waals surface area contributed by atoms with E-state index in [1.807, 2.05) is 0 Å². The molecule has 0 saturated heterocycles. The predicted octanol–water partition coefficient (Wildman–Crippen LogP) is 2.28. The Hall–Kier alpha value is -1.28. The average Bonchev–Trinajstić information content (AvgIpc) is 2.75. The summed E-state index contributed by atoms with van der Waals surface area (Å²) in [5.41, 5.74) is 6.48. The van der Waals surface area contributed by atoms with Crippen LogP contribution in [0.4, 0.5) is 5.69 Å². The van der Waals surface area contributed by atoms with Crippen LogP contribution in [0.3, 0.4) is 0 Å². The first-order valence-corrected chi connectivity index (χ1v) is 7.81. The summed E-state index contributed by atoms with van der Waals surface area (Å²) in [6, 6.07) is 4.45. The predicted molar refractivity (Wildman–Crippen MR) is 78.5 cm³/mol. The van der Waals surface area contributed by atoms with Crippen LogP contribution in [0.2, 0.25) is 10.0 Å². The van der Waals surface area contributed by atoms with E-state index in [2.05, 4.69) is 14.9 Å². The Bertz CT molecular complexity index is 743. The Morgan fingerprint density at radius 1 is 1.35 bits per heavy atom. The number of benzene rings is 1. The van der Waals surface area contributed by atoms with Crippen LogP contribution < -0.4 is 10.5 Å². The second kappa shape index (κ2) is 5.61. The lowest BCUT2D eigenvalue weighted by molar-refractivity contribution is 0.599. The highest BCUT2D eigenvalue weighted by Crippen LogP contribution is 2.27. The first-order valence-electron chi connectivity index (χ1n) is 5.57. The highest BCUT2D eigenvalue weighted by Gasteiger charge is 2.23. The average molecular weight is 335 g/mol. The summed E-state index contributed by atoms with van der Waals surface area (Å²) >= 11 is 11.6. The van der Waals surface area contributed by atoms with Crippen molar-refractivity contribution in [2.45, 2.75) is 18.4 Å². The zero-order valence-electron chi connectivity index (χ0n) is 10.4. The Balaban J connectivity index is 2.40. The molecule has 1 aromatic heterocycles. The Kier molecular flexibility index (Phi) is 4.24. The van der Waals surface area contributed by atoms with Gasteiger partial charge in [-0.15, -0.1) is 0 Å². The van der Waals surface area contributed by atoms with Gasteiger partial charge in [0.15, 0.2) is 0 Å². The first kappa shape index (κ1) is 15.1. The summed E-state index contributed by atoms with van der Waals surface area (Å²) in [4.78, 5) is 0.0473. The summed E-state index contributed by atoms with van der Waals surface area (Å²) in [7, 11) is -3.80. The molecule has 1 aromatic carbocycles. The number of hydrogen-bond acceptors (Lipinski definition) is 4. The normalized spacial score (nSPS) is 11.6. The number of halogens is 2. The molecule has 1 heterocycles. The van der Waals surface area contributed by atoms with Crippen molar-refractivity contribution in [3.05, 3.63) is 39.6 Å². The number of aromatic amines is 1. The van der Waals surface area contributed by atoms with Gasteiger partial charge in [0.2, 0.25) is 0 Å². The number of hydrogen-bond donors (Lipinski definition) is 3. The van der Waals surface area contributed by atoms with Crippen LogP contribution in [0.5, 0.6) is 0 Å². The third-order valence-electron chi connectivity index (χ3n) is 2.60. The van der Waals surface area contributed by atoms with Gasteiger partial charge >= 0.3 is 0 Å². The molecule has 20 heavy (non-hydrogen) atoms. The molecule has 0 bridgehead atoms.